The molecule has 1 aromatic heterocycles. The summed E-state index contributed by atoms with van der Waals surface area (Å²) in [5, 5.41) is 2.59. The van der Waals surface area contributed by atoms with Crippen LogP contribution in [0.5, 0.6) is 0 Å². The van der Waals surface area contributed by atoms with Crippen LogP contribution >= 0.6 is 0 Å². The Morgan fingerprint density at radius 3 is 2.32 bits per heavy atom. The fourth-order valence-electron chi connectivity index (χ4n) is 2.36. The fourth-order valence-corrected chi connectivity index (χ4v) is 3.40. The highest BCUT2D eigenvalue weighted by Gasteiger charge is 2.16. The molecule has 0 saturated heterocycles. The van der Waals surface area contributed by atoms with Crippen molar-refractivity contribution in [2.24, 2.45) is 0 Å². The summed E-state index contributed by atoms with van der Waals surface area (Å²) in [6, 6.07) is 9.37. The van der Waals surface area contributed by atoms with Crippen LogP contribution in [-0.2, 0) is 14.8 Å². The molecule has 0 spiro atoms. The van der Waals surface area contributed by atoms with Crippen molar-refractivity contribution in [1.82, 2.24) is 15.0 Å². The van der Waals surface area contributed by atoms with E-state index in [1.165, 1.54) is 24.3 Å². The lowest BCUT2D eigenvalue weighted by Crippen LogP contribution is -2.35. The molecule has 0 aliphatic heterocycles. The van der Waals surface area contributed by atoms with E-state index in [-0.39, 0.29) is 30.3 Å². The average Bonchev–Trinajstić information content (AvgIpc) is 2.65. The van der Waals surface area contributed by atoms with Gasteiger partial charge in [0, 0.05) is 13.1 Å². The van der Waals surface area contributed by atoms with Gasteiger partial charge in [0.25, 0.3) is 5.91 Å². The highest BCUT2D eigenvalue weighted by molar-refractivity contribution is 7.89. The third-order valence-electron chi connectivity index (χ3n) is 3.85. The van der Waals surface area contributed by atoms with Crippen molar-refractivity contribution in [3.63, 3.8) is 0 Å². The van der Waals surface area contributed by atoms with Crippen LogP contribution in [0.2, 0.25) is 0 Å². The molecule has 28 heavy (non-hydrogen) atoms. The van der Waals surface area contributed by atoms with Crippen LogP contribution in [0.25, 0.3) is 0 Å². The third-order valence-corrected chi connectivity index (χ3v) is 5.32. The number of amides is 1. The summed E-state index contributed by atoms with van der Waals surface area (Å²) in [6.45, 7) is 5.55. The number of benzene rings is 1. The Bertz CT molecular complexity index is 956. The number of sulfonamides is 1. The Hall–Kier alpha value is -2.78. The summed E-state index contributed by atoms with van der Waals surface area (Å²) in [4.78, 5) is 28.2. The van der Waals surface area contributed by atoms with Crippen LogP contribution in [0, 0.1) is 13.8 Å². The average molecular weight is 405 g/mol. The van der Waals surface area contributed by atoms with E-state index in [4.69, 9.17) is 4.74 Å². The first-order chi connectivity index (χ1) is 13.2. The zero-order valence-corrected chi connectivity index (χ0v) is 16.8. The first kappa shape index (κ1) is 21.5. The molecular formula is C19H23N3O5S. The number of pyridine rings is 1. The lowest BCUT2D eigenvalue weighted by atomic mass is 10.2. The molecule has 8 nitrogen and oxygen atoms in total. The molecule has 0 aliphatic carbocycles. The topological polar surface area (TPSA) is 114 Å². The lowest BCUT2D eigenvalue weighted by Gasteiger charge is -2.09. The maximum atomic E-state index is 12.2. The van der Waals surface area contributed by atoms with E-state index in [0.29, 0.717) is 11.3 Å². The van der Waals surface area contributed by atoms with Crippen LogP contribution in [0.3, 0.4) is 0 Å². The Balaban J connectivity index is 1.89. The van der Waals surface area contributed by atoms with Gasteiger partial charge in [0.15, 0.2) is 0 Å². The van der Waals surface area contributed by atoms with Crippen molar-refractivity contribution in [1.29, 1.82) is 0 Å². The largest absolute Gasteiger partial charge is 0.462 e. The zero-order valence-electron chi connectivity index (χ0n) is 16.0. The quantitative estimate of drug-likeness (QED) is 0.509. The zero-order chi connectivity index (χ0) is 20.7. The summed E-state index contributed by atoms with van der Waals surface area (Å²) in [7, 11) is -3.64. The number of nitrogens with zero attached hydrogens (tertiary/aromatic N) is 1. The van der Waals surface area contributed by atoms with Crippen LogP contribution < -0.4 is 10.0 Å². The molecule has 1 aromatic carbocycles. The summed E-state index contributed by atoms with van der Waals surface area (Å²) in [5.74, 6) is -0.960. The van der Waals surface area contributed by atoms with E-state index in [0.717, 1.165) is 5.56 Å². The van der Waals surface area contributed by atoms with E-state index in [1.807, 2.05) is 6.92 Å². The molecule has 0 bridgehead atoms. The van der Waals surface area contributed by atoms with Gasteiger partial charge in [-0.05, 0) is 45.0 Å². The first-order valence-electron chi connectivity index (χ1n) is 8.74. The second-order valence-electron chi connectivity index (χ2n) is 6.02. The Morgan fingerprint density at radius 1 is 1.04 bits per heavy atom. The van der Waals surface area contributed by atoms with Gasteiger partial charge in [-0.3, -0.25) is 4.79 Å². The molecule has 0 fully saturated rings. The molecule has 0 unspecified atom stereocenters. The van der Waals surface area contributed by atoms with Crippen LogP contribution in [0.15, 0.2) is 41.3 Å². The highest BCUT2D eigenvalue weighted by atomic mass is 32.2. The van der Waals surface area contributed by atoms with E-state index in [2.05, 4.69) is 15.0 Å². The standard InChI is InChI=1S/C19H23N3O5S/c1-4-27-19(24)16-9-10-17(22-14(16)3)18(23)20-11-12-21-28(25,26)15-7-5-13(2)6-8-15/h5-10,21H,4,11-12H2,1-3H3,(H,20,23). The predicted octanol–water partition coefficient (Wildman–Crippen LogP) is 1.58. The van der Waals surface area contributed by atoms with Gasteiger partial charge in [0.1, 0.15) is 5.69 Å². The number of hydrogen-bond acceptors (Lipinski definition) is 6. The van der Waals surface area contributed by atoms with Crippen LogP contribution in [0.4, 0.5) is 0 Å². The van der Waals surface area contributed by atoms with E-state index < -0.39 is 21.9 Å². The fraction of sp³-hybridized carbons (Fsp3) is 0.316. The number of aryl methyl sites for hydroxylation is 2. The molecule has 2 N–H and O–H groups in total. The van der Waals surface area contributed by atoms with Crippen LogP contribution in [-0.4, -0.2) is 45.0 Å². The second kappa shape index (κ2) is 9.43. The van der Waals surface area contributed by atoms with Gasteiger partial charge in [-0.25, -0.2) is 22.9 Å². The number of carbonyl (C=O) groups is 2. The molecule has 0 aliphatic rings. The van der Waals surface area contributed by atoms with Gasteiger partial charge in [-0.2, -0.15) is 0 Å². The smallest absolute Gasteiger partial charge is 0.339 e. The van der Waals surface area contributed by atoms with E-state index in [1.54, 1.807) is 26.0 Å². The van der Waals surface area contributed by atoms with Gasteiger partial charge in [-0.15, -0.1) is 0 Å². The van der Waals surface area contributed by atoms with Crippen molar-refractivity contribution in [2.45, 2.75) is 25.7 Å². The summed E-state index contributed by atoms with van der Waals surface area (Å²) in [6.07, 6.45) is 0. The normalized spacial score (nSPS) is 11.1. The van der Waals surface area contributed by atoms with Gasteiger partial charge in [-0.1, -0.05) is 17.7 Å². The number of nitrogens with one attached hydrogen (secondary N) is 2. The number of aromatic nitrogens is 1. The predicted molar refractivity (Wildman–Crippen MR) is 104 cm³/mol. The molecule has 9 heteroatoms. The van der Waals surface area contributed by atoms with E-state index >= 15 is 0 Å². The molecule has 1 amide bonds. The van der Waals surface area contributed by atoms with Crippen molar-refractivity contribution < 1.29 is 22.7 Å². The maximum Gasteiger partial charge on any atom is 0.339 e. The maximum absolute atomic E-state index is 12.2. The summed E-state index contributed by atoms with van der Waals surface area (Å²) >= 11 is 0. The van der Waals surface area contributed by atoms with Crippen molar-refractivity contribution in [3.05, 3.63) is 58.9 Å². The summed E-state index contributed by atoms with van der Waals surface area (Å²) in [5.41, 5.74) is 1.77. The Morgan fingerprint density at radius 2 is 1.71 bits per heavy atom. The molecule has 1 heterocycles. The minimum atomic E-state index is -3.64. The van der Waals surface area contributed by atoms with Gasteiger partial charge in [0.2, 0.25) is 10.0 Å². The van der Waals surface area contributed by atoms with Crippen molar-refractivity contribution >= 4 is 21.9 Å². The molecule has 2 rings (SSSR count). The van der Waals surface area contributed by atoms with Crippen molar-refractivity contribution in [3.8, 4) is 0 Å². The Labute approximate surface area is 164 Å². The SMILES string of the molecule is CCOC(=O)c1ccc(C(=O)NCCNS(=O)(=O)c2ccc(C)cc2)nc1C. The number of hydrogen-bond donors (Lipinski definition) is 2. The molecule has 0 saturated carbocycles. The number of esters is 1. The third kappa shape index (κ3) is 5.61. The molecule has 0 radical (unpaired) electrons. The van der Waals surface area contributed by atoms with Gasteiger partial charge < -0.3 is 10.1 Å². The monoisotopic (exact) mass is 405 g/mol. The minimum absolute atomic E-state index is 0.0296. The molecular weight excluding hydrogens is 382 g/mol. The van der Waals surface area contributed by atoms with Gasteiger partial charge in [0.05, 0.1) is 22.8 Å². The lowest BCUT2D eigenvalue weighted by molar-refractivity contribution is 0.0524. The van der Waals surface area contributed by atoms with E-state index in [9.17, 15) is 18.0 Å². The first-order valence-corrected chi connectivity index (χ1v) is 10.2. The molecule has 0 atom stereocenters. The minimum Gasteiger partial charge on any atom is -0.462 e. The number of rotatable bonds is 8. The highest BCUT2D eigenvalue weighted by Crippen LogP contribution is 2.10. The summed E-state index contributed by atoms with van der Waals surface area (Å²) < 4.78 is 31.7. The second-order valence-corrected chi connectivity index (χ2v) is 7.78. The van der Waals surface area contributed by atoms with Crippen LogP contribution in [0.1, 0.15) is 39.0 Å². The van der Waals surface area contributed by atoms with Gasteiger partial charge >= 0.3 is 5.97 Å². The number of ether oxygens (including phenoxy) is 1. The molecule has 150 valence electrons. The van der Waals surface area contributed by atoms with Crippen molar-refractivity contribution in [2.75, 3.05) is 19.7 Å². The Kier molecular flexibility index (Phi) is 7.24. The number of carbonyl (C=O) groups excluding carboxylic acids is 2. The molecule has 2 aromatic rings.